The molecule has 0 aliphatic carbocycles. The number of methoxy groups -OCH3 is 2. The highest BCUT2D eigenvalue weighted by molar-refractivity contribution is 6.12. The number of nitrogens with zero attached hydrogens (tertiary/aromatic N) is 1. The van der Waals surface area contributed by atoms with E-state index in [9.17, 15) is 14.9 Å². The molecule has 9 nitrogen and oxygen atoms in total. The van der Waals surface area contributed by atoms with Gasteiger partial charge in [-0.25, -0.2) is 0 Å². The molecule has 0 spiro atoms. The lowest BCUT2D eigenvalue weighted by molar-refractivity contribution is -0.384. The van der Waals surface area contributed by atoms with Gasteiger partial charge in [0.05, 0.1) is 29.9 Å². The van der Waals surface area contributed by atoms with Crippen LogP contribution < -0.4 is 15.4 Å². The van der Waals surface area contributed by atoms with Crippen LogP contribution in [0.25, 0.3) is 21.9 Å². The highest BCUT2D eigenvalue weighted by Crippen LogP contribution is 2.36. The Hall–Kier alpha value is -4.11. The fourth-order valence-electron chi connectivity index (χ4n) is 3.48. The van der Waals surface area contributed by atoms with E-state index in [-0.39, 0.29) is 11.3 Å². The standard InChI is InChI=1S/C23H21N3O6/c1-30-10-9-24-18-8-7-14(26(28)29)11-17(18)23(27)25-19-13-21-16(12-22(19)31-2)15-5-3-4-6-20(15)32-21/h3-8,11-13,24H,9-10H2,1-2H3,(H,25,27). The van der Waals surface area contributed by atoms with Gasteiger partial charge in [0.25, 0.3) is 11.6 Å². The Kier molecular flexibility index (Phi) is 5.91. The van der Waals surface area contributed by atoms with E-state index < -0.39 is 10.8 Å². The number of hydrogen-bond donors (Lipinski definition) is 2. The minimum atomic E-state index is -0.545. The Bertz CT molecular complexity index is 1310. The molecule has 0 radical (unpaired) electrons. The summed E-state index contributed by atoms with van der Waals surface area (Å²) in [5, 5.41) is 18.9. The molecule has 2 N–H and O–H groups in total. The van der Waals surface area contributed by atoms with Crippen molar-refractivity contribution in [2.75, 3.05) is 38.0 Å². The summed E-state index contributed by atoms with van der Waals surface area (Å²) in [7, 11) is 3.07. The second-order valence-electron chi connectivity index (χ2n) is 7.01. The van der Waals surface area contributed by atoms with Gasteiger partial charge in [-0.3, -0.25) is 14.9 Å². The average molecular weight is 435 g/mol. The molecule has 0 bridgehead atoms. The number of non-ortho nitro benzene ring substituents is 1. The monoisotopic (exact) mass is 435 g/mol. The van der Waals surface area contributed by atoms with Crippen molar-refractivity contribution in [3.8, 4) is 5.75 Å². The fraction of sp³-hybridized carbons (Fsp3) is 0.174. The van der Waals surface area contributed by atoms with Crippen LogP contribution in [0.3, 0.4) is 0 Å². The molecule has 9 heteroatoms. The maximum atomic E-state index is 13.1. The van der Waals surface area contributed by atoms with Crippen LogP contribution in [0, 0.1) is 10.1 Å². The zero-order valence-corrected chi connectivity index (χ0v) is 17.5. The number of ether oxygens (including phenoxy) is 2. The summed E-state index contributed by atoms with van der Waals surface area (Å²) in [5.74, 6) is -0.0842. The van der Waals surface area contributed by atoms with Crippen LogP contribution >= 0.6 is 0 Å². The average Bonchev–Trinajstić information content (AvgIpc) is 3.16. The van der Waals surface area contributed by atoms with Crippen molar-refractivity contribution in [2.45, 2.75) is 0 Å². The summed E-state index contributed by atoms with van der Waals surface area (Å²) in [6.07, 6.45) is 0. The third kappa shape index (κ3) is 4.06. The van der Waals surface area contributed by atoms with Gasteiger partial charge in [-0.05, 0) is 18.2 Å². The summed E-state index contributed by atoms with van der Waals surface area (Å²) >= 11 is 0. The number of fused-ring (bicyclic) bond motifs is 3. The highest BCUT2D eigenvalue weighted by Gasteiger charge is 2.19. The molecular formula is C23H21N3O6. The van der Waals surface area contributed by atoms with Crippen LogP contribution in [0.2, 0.25) is 0 Å². The normalized spacial score (nSPS) is 10.9. The number of hydrogen-bond acceptors (Lipinski definition) is 7. The van der Waals surface area contributed by atoms with Crippen molar-refractivity contribution in [1.82, 2.24) is 0 Å². The predicted molar refractivity (Wildman–Crippen MR) is 122 cm³/mol. The number of rotatable bonds is 8. The van der Waals surface area contributed by atoms with Gasteiger partial charge in [0.2, 0.25) is 0 Å². The van der Waals surface area contributed by atoms with Crippen molar-refractivity contribution >= 4 is 44.9 Å². The minimum absolute atomic E-state index is 0.127. The zero-order valence-electron chi connectivity index (χ0n) is 17.5. The number of para-hydroxylation sites is 1. The first-order chi connectivity index (χ1) is 15.5. The Morgan fingerprint density at radius 1 is 1.03 bits per heavy atom. The van der Waals surface area contributed by atoms with E-state index in [4.69, 9.17) is 13.9 Å². The first-order valence-electron chi connectivity index (χ1n) is 9.83. The third-order valence-electron chi connectivity index (χ3n) is 5.03. The van der Waals surface area contributed by atoms with Crippen molar-refractivity contribution in [3.05, 3.63) is 70.3 Å². The van der Waals surface area contributed by atoms with Gasteiger partial charge < -0.3 is 24.5 Å². The molecule has 0 saturated heterocycles. The molecule has 164 valence electrons. The lowest BCUT2D eigenvalue weighted by Crippen LogP contribution is -2.17. The van der Waals surface area contributed by atoms with E-state index in [1.807, 2.05) is 24.3 Å². The number of carbonyl (C=O) groups is 1. The van der Waals surface area contributed by atoms with Crippen LogP contribution in [0.4, 0.5) is 17.1 Å². The van der Waals surface area contributed by atoms with Crippen molar-refractivity contribution in [2.24, 2.45) is 0 Å². The lowest BCUT2D eigenvalue weighted by atomic mass is 10.1. The van der Waals surface area contributed by atoms with Crippen LogP contribution in [0.1, 0.15) is 10.4 Å². The van der Waals surface area contributed by atoms with Crippen molar-refractivity contribution in [1.29, 1.82) is 0 Å². The van der Waals surface area contributed by atoms with Gasteiger partial charge in [-0.1, -0.05) is 18.2 Å². The molecule has 0 atom stereocenters. The van der Waals surface area contributed by atoms with Gasteiger partial charge >= 0.3 is 0 Å². The molecule has 0 aliphatic heterocycles. The van der Waals surface area contributed by atoms with Crippen molar-refractivity contribution in [3.63, 3.8) is 0 Å². The molecule has 1 amide bonds. The van der Waals surface area contributed by atoms with E-state index in [0.29, 0.717) is 35.9 Å². The predicted octanol–water partition coefficient (Wildman–Crippen LogP) is 4.81. The smallest absolute Gasteiger partial charge is 0.270 e. The number of furan rings is 1. The van der Waals surface area contributed by atoms with E-state index in [1.165, 1.54) is 25.3 Å². The topological polar surface area (TPSA) is 116 Å². The van der Waals surface area contributed by atoms with Crippen LogP contribution in [0.5, 0.6) is 5.75 Å². The van der Waals surface area contributed by atoms with Crippen LogP contribution in [-0.4, -0.2) is 38.2 Å². The lowest BCUT2D eigenvalue weighted by Gasteiger charge is -2.14. The molecule has 1 heterocycles. The van der Waals surface area contributed by atoms with Gasteiger partial charge in [0.15, 0.2) is 0 Å². The summed E-state index contributed by atoms with van der Waals surface area (Å²) in [6, 6.07) is 15.2. The summed E-state index contributed by atoms with van der Waals surface area (Å²) in [4.78, 5) is 23.8. The summed E-state index contributed by atoms with van der Waals surface area (Å²) in [5.41, 5.74) is 2.08. The number of carbonyl (C=O) groups excluding carboxylic acids is 1. The fourth-order valence-corrected chi connectivity index (χ4v) is 3.48. The number of nitro benzene ring substituents is 1. The number of benzene rings is 3. The number of nitrogens with one attached hydrogen (secondary N) is 2. The van der Waals surface area contributed by atoms with E-state index in [0.717, 1.165) is 16.4 Å². The second kappa shape index (κ2) is 8.94. The van der Waals surface area contributed by atoms with Crippen LogP contribution in [0.15, 0.2) is 59.0 Å². The SMILES string of the molecule is COCCNc1ccc([N+](=O)[O-])cc1C(=O)Nc1cc2oc3ccccc3c2cc1OC. The maximum Gasteiger partial charge on any atom is 0.270 e. The Morgan fingerprint density at radius 3 is 2.59 bits per heavy atom. The zero-order chi connectivity index (χ0) is 22.7. The Morgan fingerprint density at radius 2 is 1.84 bits per heavy atom. The maximum absolute atomic E-state index is 13.1. The molecular weight excluding hydrogens is 414 g/mol. The number of anilines is 2. The minimum Gasteiger partial charge on any atom is -0.495 e. The molecule has 4 aromatic rings. The molecule has 0 saturated carbocycles. The quantitative estimate of drug-likeness (QED) is 0.232. The van der Waals surface area contributed by atoms with Gasteiger partial charge in [0, 0.05) is 48.3 Å². The third-order valence-corrected chi connectivity index (χ3v) is 5.03. The first kappa shape index (κ1) is 21.1. The molecule has 1 aromatic heterocycles. The van der Waals surface area contributed by atoms with E-state index >= 15 is 0 Å². The van der Waals surface area contributed by atoms with E-state index in [2.05, 4.69) is 10.6 Å². The molecule has 32 heavy (non-hydrogen) atoms. The summed E-state index contributed by atoms with van der Waals surface area (Å²) in [6.45, 7) is 0.845. The van der Waals surface area contributed by atoms with Crippen LogP contribution in [-0.2, 0) is 4.74 Å². The molecule has 0 aliphatic rings. The second-order valence-corrected chi connectivity index (χ2v) is 7.01. The summed E-state index contributed by atoms with van der Waals surface area (Å²) < 4.78 is 16.4. The first-order valence-corrected chi connectivity index (χ1v) is 9.83. The molecule has 3 aromatic carbocycles. The Balaban J connectivity index is 1.72. The number of nitro groups is 1. The van der Waals surface area contributed by atoms with Gasteiger partial charge in [-0.15, -0.1) is 0 Å². The van der Waals surface area contributed by atoms with Gasteiger partial charge in [0.1, 0.15) is 16.9 Å². The number of amides is 1. The van der Waals surface area contributed by atoms with E-state index in [1.54, 1.807) is 19.2 Å². The Labute approximate surface area is 183 Å². The molecule has 4 rings (SSSR count). The largest absolute Gasteiger partial charge is 0.495 e. The van der Waals surface area contributed by atoms with Crippen molar-refractivity contribution < 1.29 is 23.6 Å². The highest BCUT2D eigenvalue weighted by atomic mass is 16.6. The molecule has 0 unspecified atom stereocenters. The van der Waals surface area contributed by atoms with Gasteiger partial charge in [-0.2, -0.15) is 0 Å². The molecule has 0 fully saturated rings.